The maximum atomic E-state index is 12.8. The Labute approximate surface area is 368 Å². The van der Waals surface area contributed by atoms with Gasteiger partial charge < -0.3 is 28.6 Å². The number of hydrogen-bond donors (Lipinski definition) is 0. The number of hydrogen-bond acceptors (Lipinski definition) is 7. The zero-order valence-electron chi connectivity index (χ0n) is 39.4. The van der Waals surface area contributed by atoms with Crippen molar-refractivity contribution in [1.29, 1.82) is 0 Å². The predicted octanol–water partition coefficient (Wildman–Crippen LogP) is 12.4. The normalized spacial score (nSPS) is 13.4. The molecule has 8 heteroatoms. The van der Waals surface area contributed by atoms with Crippen LogP contribution in [0.4, 0.5) is 0 Å². The molecule has 0 aliphatic carbocycles. The molecule has 0 aromatic carbocycles. The minimum atomic E-state index is -1.13. The van der Waals surface area contributed by atoms with Crippen LogP contribution in [0.25, 0.3) is 0 Å². The summed E-state index contributed by atoms with van der Waals surface area (Å²) < 4.78 is 17.2. The van der Waals surface area contributed by atoms with Crippen molar-refractivity contribution < 1.29 is 38.2 Å². The van der Waals surface area contributed by atoms with E-state index < -0.39 is 18.1 Å². The molecule has 0 aliphatic heterocycles. The Morgan fingerprint density at radius 3 is 1.38 bits per heavy atom. The number of ether oxygens (including phenoxy) is 3. The van der Waals surface area contributed by atoms with Gasteiger partial charge in [0, 0.05) is 19.3 Å². The quantitative estimate of drug-likeness (QED) is 0.0261. The van der Waals surface area contributed by atoms with Gasteiger partial charge in [-0.25, -0.2) is 0 Å². The third-order valence-corrected chi connectivity index (χ3v) is 10.7. The van der Waals surface area contributed by atoms with Crippen molar-refractivity contribution >= 4 is 17.9 Å². The van der Waals surface area contributed by atoms with E-state index in [0.29, 0.717) is 12.8 Å². The number of allylic oxidation sites excluding steroid dienone is 10. The average molecular weight is 842 g/mol. The maximum Gasteiger partial charge on any atom is 0.306 e. The van der Waals surface area contributed by atoms with Gasteiger partial charge in [-0.1, -0.05) is 184 Å². The van der Waals surface area contributed by atoms with Crippen LogP contribution in [0.5, 0.6) is 0 Å². The van der Waals surface area contributed by atoms with Gasteiger partial charge in [-0.05, 0) is 57.8 Å². The molecule has 0 saturated heterocycles. The maximum absolute atomic E-state index is 12.8. The molecule has 2 atom stereocenters. The molecule has 2 unspecified atom stereocenters. The molecule has 0 radical (unpaired) electrons. The number of carbonyl (C=O) groups is 3. The van der Waals surface area contributed by atoms with Crippen LogP contribution in [0.2, 0.25) is 0 Å². The summed E-state index contributed by atoms with van der Waals surface area (Å²) in [5, 5.41) is 11.6. The first kappa shape index (κ1) is 57.0. The smallest absolute Gasteiger partial charge is 0.306 e. The highest BCUT2D eigenvalue weighted by atomic mass is 16.6. The molecule has 0 N–H and O–H groups in total. The molecule has 0 aliphatic rings. The second-order valence-electron chi connectivity index (χ2n) is 17.3. The Morgan fingerprint density at radius 1 is 0.517 bits per heavy atom. The van der Waals surface area contributed by atoms with Gasteiger partial charge in [-0.3, -0.25) is 9.59 Å². The van der Waals surface area contributed by atoms with E-state index in [9.17, 15) is 19.5 Å². The SMILES string of the molecule is CC/C=C/C/C=C/C/C=C/C/C=C/C/C=C/CCCCCCCCC(=O)OC(COCCC(C(=O)[O-])[N+](C)(C)C)COC(=O)CCCCCCCCCCCCCCCC. The van der Waals surface area contributed by atoms with Crippen LogP contribution in [0, 0.1) is 0 Å². The summed E-state index contributed by atoms with van der Waals surface area (Å²) in [6.07, 6.45) is 52.4. The highest BCUT2D eigenvalue weighted by Crippen LogP contribution is 2.15. The topological polar surface area (TPSA) is 102 Å². The van der Waals surface area contributed by atoms with E-state index in [1.807, 2.05) is 0 Å². The number of carbonyl (C=O) groups excluding carboxylic acids is 3. The number of nitrogens with zero attached hydrogens (tertiary/aromatic N) is 1. The van der Waals surface area contributed by atoms with Crippen LogP contribution in [-0.2, 0) is 28.6 Å². The van der Waals surface area contributed by atoms with Crippen molar-refractivity contribution in [2.45, 2.75) is 212 Å². The standard InChI is InChI=1S/C52H91NO7/c1-6-8-10-12-14-16-18-20-22-23-24-25-26-27-28-29-31-33-35-37-39-41-43-51(55)60-48(46-58-45-44-49(52(56)57)53(3,4)5)47-59-50(54)42-40-38-36-34-32-30-21-19-17-15-13-11-9-7-2/h8,10,14,16,20,22,24-25,27-28,48-49H,6-7,9,11-13,15,17-19,21,23,26,29-47H2,1-5H3/b10-8+,16-14+,22-20+,25-24+,28-27+. The summed E-state index contributed by atoms with van der Waals surface area (Å²) >= 11 is 0. The predicted molar refractivity (Wildman–Crippen MR) is 249 cm³/mol. The molecule has 0 saturated carbocycles. The van der Waals surface area contributed by atoms with Gasteiger partial charge in [0.2, 0.25) is 0 Å². The highest BCUT2D eigenvalue weighted by Gasteiger charge is 2.25. The van der Waals surface area contributed by atoms with Gasteiger partial charge in [0.15, 0.2) is 6.10 Å². The third-order valence-electron chi connectivity index (χ3n) is 10.7. The summed E-state index contributed by atoms with van der Waals surface area (Å²) in [4.78, 5) is 37.0. The molecule has 0 spiro atoms. The number of carboxylic acids is 1. The number of carboxylic acid groups (broad SMARTS) is 1. The molecule has 60 heavy (non-hydrogen) atoms. The van der Waals surface area contributed by atoms with E-state index in [1.54, 1.807) is 21.1 Å². The van der Waals surface area contributed by atoms with Crippen molar-refractivity contribution in [1.82, 2.24) is 0 Å². The largest absolute Gasteiger partial charge is 0.544 e. The zero-order chi connectivity index (χ0) is 44.2. The summed E-state index contributed by atoms with van der Waals surface area (Å²) in [7, 11) is 5.40. The van der Waals surface area contributed by atoms with E-state index in [1.165, 1.54) is 83.5 Å². The molecule has 346 valence electrons. The van der Waals surface area contributed by atoms with Crippen LogP contribution in [-0.4, -0.2) is 75.5 Å². The Hall–Kier alpha value is -2.97. The molecule has 0 amide bonds. The van der Waals surface area contributed by atoms with Gasteiger partial charge in [0.05, 0.1) is 40.3 Å². The lowest BCUT2D eigenvalue weighted by Crippen LogP contribution is -2.55. The van der Waals surface area contributed by atoms with Gasteiger partial charge in [-0.15, -0.1) is 0 Å². The molecule has 0 aromatic heterocycles. The number of rotatable bonds is 43. The fourth-order valence-electron chi connectivity index (χ4n) is 6.92. The number of likely N-dealkylation sites (N-methyl/N-ethyl adjacent to an activating group) is 1. The van der Waals surface area contributed by atoms with Crippen LogP contribution >= 0.6 is 0 Å². The lowest BCUT2D eigenvalue weighted by Gasteiger charge is -2.34. The van der Waals surface area contributed by atoms with Crippen molar-refractivity contribution in [3.63, 3.8) is 0 Å². The van der Waals surface area contributed by atoms with Crippen LogP contribution in [0.3, 0.4) is 0 Å². The van der Waals surface area contributed by atoms with Gasteiger partial charge in [0.25, 0.3) is 0 Å². The lowest BCUT2D eigenvalue weighted by atomic mass is 10.0. The number of esters is 2. The van der Waals surface area contributed by atoms with E-state index in [0.717, 1.165) is 83.5 Å². The minimum Gasteiger partial charge on any atom is -0.544 e. The second kappa shape index (κ2) is 42.7. The van der Waals surface area contributed by atoms with E-state index >= 15 is 0 Å². The van der Waals surface area contributed by atoms with E-state index in [4.69, 9.17) is 14.2 Å². The molecule has 0 rings (SSSR count). The van der Waals surface area contributed by atoms with E-state index in [2.05, 4.69) is 74.6 Å². The Bertz CT molecular complexity index is 1170. The van der Waals surface area contributed by atoms with Crippen LogP contribution in [0.1, 0.15) is 200 Å². The van der Waals surface area contributed by atoms with Crippen molar-refractivity contribution in [3.05, 3.63) is 60.8 Å². The molecular weight excluding hydrogens is 751 g/mol. The summed E-state index contributed by atoms with van der Waals surface area (Å²) in [6, 6.07) is -0.730. The Balaban J connectivity index is 4.31. The molecule has 0 fully saturated rings. The molecule has 0 aromatic rings. The van der Waals surface area contributed by atoms with Crippen molar-refractivity contribution in [3.8, 4) is 0 Å². The van der Waals surface area contributed by atoms with Gasteiger partial charge >= 0.3 is 11.9 Å². The molecule has 8 nitrogen and oxygen atoms in total. The minimum absolute atomic E-state index is 0.0344. The van der Waals surface area contributed by atoms with Crippen LogP contribution < -0.4 is 5.11 Å². The summed E-state index contributed by atoms with van der Waals surface area (Å²) in [5.41, 5.74) is 0. The number of aliphatic carboxylic acids is 1. The summed E-state index contributed by atoms with van der Waals surface area (Å²) in [6.45, 7) is 4.54. The molecule has 0 heterocycles. The fourth-order valence-corrected chi connectivity index (χ4v) is 6.92. The van der Waals surface area contributed by atoms with Gasteiger partial charge in [0.1, 0.15) is 12.6 Å². The average Bonchev–Trinajstić information content (AvgIpc) is 3.21. The number of quaternary nitrogens is 1. The zero-order valence-corrected chi connectivity index (χ0v) is 39.4. The van der Waals surface area contributed by atoms with Gasteiger partial charge in [-0.2, -0.15) is 0 Å². The van der Waals surface area contributed by atoms with Crippen LogP contribution in [0.15, 0.2) is 60.8 Å². The summed E-state index contributed by atoms with van der Waals surface area (Å²) in [5.74, 6) is -1.75. The molecule has 0 bridgehead atoms. The Kier molecular flexibility index (Phi) is 40.6. The molecular formula is C52H91NO7. The fraction of sp³-hybridized carbons (Fsp3) is 0.750. The third kappa shape index (κ3) is 40.4. The van der Waals surface area contributed by atoms with Crippen molar-refractivity contribution in [2.24, 2.45) is 0 Å². The van der Waals surface area contributed by atoms with E-state index in [-0.39, 0.29) is 42.7 Å². The Morgan fingerprint density at radius 2 is 0.933 bits per heavy atom. The first-order valence-corrected chi connectivity index (χ1v) is 24.3. The monoisotopic (exact) mass is 842 g/mol. The second-order valence-corrected chi connectivity index (χ2v) is 17.3. The van der Waals surface area contributed by atoms with Crippen molar-refractivity contribution in [2.75, 3.05) is 41.0 Å². The first-order chi connectivity index (χ1) is 29.1. The highest BCUT2D eigenvalue weighted by molar-refractivity contribution is 5.70. The lowest BCUT2D eigenvalue weighted by molar-refractivity contribution is -0.889. The first-order valence-electron chi connectivity index (χ1n) is 24.3. The number of unbranched alkanes of at least 4 members (excludes halogenated alkanes) is 19.